The summed E-state index contributed by atoms with van der Waals surface area (Å²) in [5.74, 6) is 0.526. The molecule has 0 saturated heterocycles. The number of nitrogens with zero attached hydrogens (tertiary/aromatic N) is 4. The maximum absolute atomic E-state index is 13.3. The largest absolute Gasteiger partial charge is 0.464 e. The van der Waals surface area contributed by atoms with Crippen LogP contribution in [0.4, 0.5) is 18.0 Å². The van der Waals surface area contributed by atoms with Crippen molar-refractivity contribution < 1.29 is 31.5 Å². The second-order valence-electron chi connectivity index (χ2n) is 8.00. The molecule has 0 saturated carbocycles. The van der Waals surface area contributed by atoms with Crippen LogP contribution < -0.4 is 0 Å². The number of aryl methyl sites for hydroxylation is 1. The standard InChI is InChI=1S/C24H20ClF3N4O4S/c1-2-22-30-20-12-18(24(26,27)28)19(25)13-21(20)32(22)16-7-5-15(6-8-16)9-11-31(23(33)34)37(35,36)17-4-3-10-29-14-17/h3-8,10,12-14H,2,9,11H2,1H3,(H,33,34). The summed E-state index contributed by atoms with van der Waals surface area (Å²) in [5.41, 5.74) is 0.847. The lowest BCUT2D eigenvalue weighted by molar-refractivity contribution is -0.137. The van der Waals surface area contributed by atoms with Crippen molar-refractivity contribution in [3.63, 3.8) is 0 Å². The van der Waals surface area contributed by atoms with E-state index in [2.05, 4.69) is 9.97 Å². The molecule has 1 N–H and O–H groups in total. The van der Waals surface area contributed by atoms with Crippen LogP contribution in [0.5, 0.6) is 0 Å². The Morgan fingerprint density at radius 3 is 2.43 bits per heavy atom. The number of hydrogen-bond acceptors (Lipinski definition) is 5. The minimum absolute atomic E-state index is 0.0954. The van der Waals surface area contributed by atoms with E-state index in [1.807, 2.05) is 6.92 Å². The Hall–Kier alpha value is -3.64. The van der Waals surface area contributed by atoms with Crippen molar-refractivity contribution in [2.45, 2.75) is 30.8 Å². The third-order valence-corrected chi connectivity index (χ3v) is 7.74. The Morgan fingerprint density at radius 2 is 1.86 bits per heavy atom. The molecule has 2 aromatic carbocycles. The van der Waals surface area contributed by atoms with Gasteiger partial charge in [-0.2, -0.15) is 13.2 Å². The highest BCUT2D eigenvalue weighted by atomic mass is 35.5. The molecule has 2 heterocycles. The Bertz CT molecular complexity index is 1560. The number of imidazole rings is 1. The summed E-state index contributed by atoms with van der Waals surface area (Å²) in [6.07, 6.45) is -3.24. The van der Waals surface area contributed by atoms with E-state index in [4.69, 9.17) is 11.6 Å². The van der Waals surface area contributed by atoms with Crippen molar-refractivity contribution in [1.29, 1.82) is 0 Å². The SMILES string of the molecule is CCc1nc2cc(C(F)(F)F)c(Cl)cc2n1-c1ccc(CCN(C(=O)O)S(=O)(=O)c2cccnc2)cc1. The van der Waals surface area contributed by atoms with Crippen molar-refractivity contribution in [2.24, 2.45) is 0 Å². The van der Waals surface area contributed by atoms with Gasteiger partial charge in [0, 0.05) is 31.0 Å². The van der Waals surface area contributed by atoms with Crippen LogP contribution in [0, 0.1) is 0 Å². The van der Waals surface area contributed by atoms with Crippen LogP contribution in [-0.2, 0) is 29.0 Å². The maximum atomic E-state index is 13.3. The number of aromatic nitrogens is 3. The molecule has 0 bridgehead atoms. The third kappa shape index (κ3) is 5.25. The first-order chi connectivity index (χ1) is 17.4. The van der Waals surface area contributed by atoms with Crippen LogP contribution in [0.15, 0.2) is 65.8 Å². The van der Waals surface area contributed by atoms with Gasteiger partial charge in [0.2, 0.25) is 0 Å². The molecule has 4 aromatic rings. The van der Waals surface area contributed by atoms with Gasteiger partial charge in [0.1, 0.15) is 10.7 Å². The molecule has 0 aliphatic heterocycles. The van der Waals surface area contributed by atoms with Crippen LogP contribution in [0.3, 0.4) is 0 Å². The summed E-state index contributed by atoms with van der Waals surface area (Å²) < 4.78 is 67.4. The van der Waals surface area contributed by atoms with Gasteiger partial charge in [0.25, 0.3) is 10.0 Å². The second kappa shape index (κ2) is 10.0. The van der Waals surface area contributed by atoms with Gasteiger partial charge in [0.05, 0.1) is 21.6 Å². The predicted molar refractivity (Wildman–Crippen MR) is 130 cm³/mol. The second-order valence-corrected chi connectivity index (χ2v) is 10.3. The van der Waals surface area contributed by atoms with Crippen molar-refractivity contribution in [3.8, 4) is 5.69 Å². The predicted octanol–water partition coefficient (Wildman–Crippen LogP) is 5.57. The van der Waals surface area contributed by atoms with Crippen molar-refractivity contribution in [3.05, 3.63) is 82.9 Å². The number of halogens is 4. The Balaban J connectivity index is 1.61. The number of rotatable bonds is 7. The van der Waals surface area contributed by atoms with E-state index >= 15 is 0 Å². The van der Waals surface area contributed by atoms with Gasteiger partial charge in [-0.15, -0.1) is 0 Å². The molecule has 2 aromatic heterocycles. The van der Waals surface area contributed by atoms with Gasteiger partial charge in [-0.1, -0.05) is 30.7 Å². The van der Waals surface area contributed by atoms with E-state index < -0.39 is 32.9 Å². The Morgan fingerprint density at radius 1 is 1.16 bits per heavy atom. The van der Waals surface area contributed by atoms with Gasteiger partial charge in [-0.3, -0.25) is 9.55 Å². The number of carboxylic acid groups (broad SMARTS) is 1. The Kier molecular flexibility index (Phi) is 7.16. The summed E-state index contributed by atoms with van der Waals surface area (Å²) in [7, 11) is -4.30. The van der Waals surface area contributed by atoms with Crippen molar-refractivity contribution >= 4 is 38.8 Å². The Labute approximate surface area is 215 Å². The molecular formula is C24H20ClF3N4O4S. The summed E-state index contributed by atoms with van der Waals surface area (Å²) in [4.78, 5) is 19.5. The molecular weight excluding hydrogens is 533 g/mol. The topological polar surface area (TPSA) is 105 Å². The van der Waals surface area contributed by atoms with Gasteiger partial charge in [0.15, 0.2) is 0 Å². The molecule has 37 heavy (non-hydrogen) atoms. The summed E-state index contributed by atoms with van der Waals surface area (Å²) in [6, 6.07) is 11.6. The molecule has 194 valence electrons. The molecule has 0 radical (unpaired) electrons. The lowest BCUT2D eigenvalue weighted by Gasteiger charge is -2.19. The third-order valence-electron chi connectivity index (χ3n) is 5.67. The smallest absolute Gasteiger partial charge is 0.421 e. The number of sulfonamides is 1. The van der Waals surface area contributed by atoms with Gasteiger partial charge in [-0.25, -0.2) is 22.5 Å². The maximum Gasteiger partial charge on any atom is 0.421 e. The fourth-order valence-corrected chi connectivity index (χ4v) is 5.38. The van der Waals surface area contributed by atoms with Crippen LogP contribution >= 0.6 is 11.6 Å². The first-order valence-electron chi connectivity index (χ1n) is 11.0. The quantitative estimate of drug-likeness (QED) is 0.321. The monoisotopic (exact) mass is 552 g/mol. The van der Waals surface area contributed by atoms with E-state index in [9.17, 15) is 31.5 Å². The van der Waals surface area contributed by atoms with Gasteiger partial charge < -0.3 is 5.11 Å². The number of alkyl halides is 3. The van der Waals surface area contributed by atoms with Crippen molar-refractivity contribution in [1.82, 2.24) is 18.8 Å². The summed E-state index contributed by atoms with van der Waals surface area (Å²) in [5, 5.41) is 9.06. The normalized spacial score (nSPS) is 12.1. The molecule has 8 nitrogen and oxygen atoms in total. The number of carbonyl (C=O) groups is 1. The van der Waals surface area contributed by atoms with Gasteiger partial charge >= 0.3 is 12.3 Å². The molecule has 13 heteroatoms. The van der Waals surface area contributed by atoms with Crippen LogP contribution in [0.1, 0.15) is 23.9 Å². The lowest BCUT2D eigenvalue weighted by atomic mass is 10.1. The molecule has 0 unspecified atom stereocenters. The van der Waals surface area contributed by atoms with E-state index in [0.717, 1.165) is 12.3 Å². The summed E-state index contributed by atoms with van der Waals surface area (Å²) >= 11 is 5.94. The number of benzene rings is 2. The first-order valence-corrected chi connectivity index (χ1v) is 12.8. The van der Waals surface area contributed by atoms with E-state index in [-0.39, 0.29) is 23.4 Å². The van der Waals surface area contributed by atoms with Crippen LogP contribution in [0.25, 0.3) is 16.7 Å². The molecule has 0 aliphatic rings. The van der Waals surface area contributed by atoms with Gasteiger partial charge in [-0.05, 0) is 48.4 Å². The number of amides is 1. The summed E-state index contributed by atoms with van der Waals surface area (Å²) in [6.45, 7) is 1.50. The van der Waals surface area contributed by atoms with Crippen LogP contribution in [-0.4, -0.2) is 45.0 Å². The van der Waals surface area contributed by atoms with Crippen LogP contribution in [0.2, 0.25) is 5.02 Å². The zero-order chi connectivity index (χ0) is 27.0. The molecule has 0 atom stereocenters. The molecule has 0 fully saturated rings. The highest BCUT2D eigenvalue weighted by Crippen LogP contribution is 2.37. The minimum atomic E-state index is -4.61. The fraction of sp³-hybridized carbons (Fsp3) is 0.208. The molecule has 1 amide bonds. The highest BCUT2D eigenvalue weighted by molar-refractivity contribution is 7.89. The van der Waals surface area contributed by atoms with Crippen molar-refractivity contribution in [2.75, 3.05) is 6.54 Å². The number of hydrogen-bond donors (Lipinski definition) is 1. The zero-order valence-electron chi connectivity index (χ0n) is 19.3. The zero-order valence-corrected chi connectivity index (χ0v) is 20.8. The fourth-order valence-electron chi connectivity index (χ4n) is 3.88. The lowest BCUT2D eigenvalue weighted by Crippen LogP contribution is -2.37. The van der Waals surface area contributed by atoms with E-state index in [1.165, 1.54) is 24.4 Å². The minimum Gasteiger partial charge on any atom is -0.464 e. The number of pyridine rings is 1. The van der Waals surface area contributed by atoms with E-state index in [1.54, 1.807) is 28.8 Å². The molecule has 0 aliphatic carbocycles. The average molecular weight is 553 g/mol. The number of fused-ring (bicyclic) bond motifs is 1. The molecule has 4 rings (SSSR count). The highest BCUT2D eigenvalue weighted by Gasteiger charge is 2.34. The average Bonchev–Trinajstić information content (AvgIpc) is 3.21. The molecule has 0 spiro atoms. The van der Waals surface area contributed by atoms with E-state index in [0.29, 0.717) is 33.3 Å². The first kappa shape index (κ1) is 26.4.